The molecular weight excluding hydrogens is 304 g/mol. The molecule has 1 heterocycles. The van der Waals surface area contributed by atoms with Gasteiger partial charge in [-0.25, -0.2) is 0 Å². The van der Waals surface area contributed by atoms with Crippen LogP contribution in [0.25, 0.3) is 11.0 Å². The van der Waals surface area contributed by atoms with Crippen molar-refractivity contribution >= 4 is 26.9 Å². The van der Waals surface area contributed by atoms with Crippen LogP contribution in [0.2, 0.25) is 0 Å². The van der Waals surface area contributed by atoms with Gasteiger partial charge in [-0.2, -0.15) is 0 Å². The molecule has 1 aromatic carbocycles. The molecule has 0 bridgehead atoms. The lowest BCUT2D eigenvalue weighted by atomic mass is 10.2. The summed E-state index contributed by atoms with van der Waals surface area (Å²) in [6, 6.07) is 9.44. The molecule has 1 aromatic heterocycles. The molecular formula is C15H19BrN2O. The zero-order valence-corrected chi connectivity index (χ0v) is 12.7. The molecule has 1 aliphatic carbocycles. The second-order valence-corrected chi connectivity index (χ2v) is 6.19. The zero-order chi connectivity index (χ0) is 13.2. The third-order valence-corrected chi connectivity index (χ3v) is 4.09. The fraction of sp³-hybridized carbons (Fsp3) is 0.467. The summed E-state index contributed by atoms with van der Waals surface area (Å²) in [5.41, 5.74) is 0.933. The van der Waals surface area contributed by atoms with Crippen molar-refractivity contribution in [1.82, 2.24) is 10.6 Å². The van der Waals surface area contributed by atoms with Gasteiger partial charge < -0.3 is 15.1 Å². The summed E-state index contributed by atoms with van der Waals surface area (Å²) in [5.74, 6) is 0.986. The molecule has 0 spiro atoms. The quantitative estimate of drug-likeness (QED) is 0.855. The van der Waals surface area contributed by atoms with Crippen molar-refractivity contribution in [1.29, 1.82) is 0 Å². The molecule has 0 amide bonds. The van der Waals surface area contributed by atoms with Gasteiger partial charge in [0.25, 0.3) is 0 Å². The second kappa shape index (κ2) is 5.65. The van der Waals surface area contributed by atoms with Gasteiger partial charge in [-0.1, -0.05) is 12.1 Å². The third-order valence-electron chi connectivity index (χ3n) is 3.46. The van der Waals surface area contributed by atoms with Gasteiger partial charge in [0, 0.05) is 24.0 Å². The molecule has 1 unspecified atom stereocenters. The Hall–Kier alpha value is -0.840. The smallest absolute Gasteiger partial charge is 0.148 e. The Kier molecular flexibility index (Phi) is 3.91. The maximum absolute atomic E-state index is 5.86. The van der Waals surface area contributed by atoms with Crippen molar-refractivity contribution in [2.45, 2.75) is 38.4 Å². The van der Waals surface area contributed by atoms with Crippen molar-refractivity contribution in [3.63, 3.8) is 0 Å². The van der Waals surface area contributed by atoms with E-state index in [9.17, 15) is 0 Å². The van der Waals surface area contributed by atoms with Crippen molar-refractivity contribution in [3.8, 4) is 0 Å². The molecule has 1 aliphatic rings. The largest absolute Gasteiger partial charge is 0.459 e. The van der Waals surface area contributed by atoms with E-state index in [2.05, 4.69) is 45.6 Å². The van der Waals surface area contributed by atoms with Crippen molar-refractivity contribution in [3.05, 3.63) is 34.5 Å². The number of fused-ring (bicyclic) bond motifs is 1. The standard InChI is InChI=1S/C15H19BrN2O/c1-10(8-18-12-5-6-12)17-9-13-7-11-3-2-4-14(16)15(11)19-13/h2-4,7,10,12,17-18H,5-6,8-9H2,1H3. The molecule has 1 saturated carbocycles. The number of para-hydroxylation sites is 1. The summed E-state index contributed by atoms with van der Waals surface area (Å²) in [6.45, 7) is 4.00. The first kappa shape index (κ1) is 13.2. The maximum Gasteiger partial charge on any atom is 0.148 e. The van der Waals surface area contributed by atoms with Gasteiger partial charge in [0.15, 0.2) is 0 Å². The highest BCUT2D eigenvalue weighted by molar-refractivity contribution is 9.10. The summed E-state index contributed by atoms with van der Waals surface area (Å²) < 4.78 is 6.87. The van der Waals surface area contributed by atoms with Gasteiger partial charge in [0.05, 0.1) is 11.0 Å². The summed E-state index contributed by atoms with van der Waals surface area (Å²) >= 11 is 3.51. The fourth-order valence-corrected chi connectivity index (χ4v) is 2.61. The van der Waals surface area contributed by atoms with E-state index >= 15 is 0 Å². The highest BCUT2D eigenvalue weighted by atomic mass is 79.9. The number of nitrogens with one attached hydrogen (secondary N) is 2. The van der Waals surface area contributed by atoms with Crippen molar-refractivity contribution < 1.29 is 4.42 Å². The van der Waals surface area contributed by atoms with E-state index < -0.39 is 0 Å². The Labute approximate surface area is 121 Å². The number of hydrogen-bond acceptors (Lipinski definition) is 3. The highest BCUT2D eigenvalue weighted by Gasteiger charge is 2.20. The van der Waals surface area contributed by atoms with Crippen LogP contribution in [0, 0.1) is 0 Å². The SMILES string of the molecule is CC(CNC1CC1)NCc1cc2cccc(Br)c2o1. The molecule has 19 heavy (non-hydrogen) atoms. The van der Waals surface area contributed by atoms with Crippen LogP contribution < -0.4 is 10.6 Å². The molecule has 1 fully saturated rings. The summed E-state index contributed by atoms with van der Waals surface area (Å²) in [5, 5.41) is 8.17. The topological polar surface area (TPSA) is 37.2 Å². The minimum absolute atomic E-state index is 0.456. The van der Waals surface area contributed by atoms with Gasteiger partial charge in [0.1, 0.15) is 11.3 Å². The first-order valence-corrected chi connectivity index (χ1v) is 7.65. The Balaban J connectivity index is 1.56. The zero-order valence-electron chi connectivity index (χ0n) is 11.1. The van der Waals surface area contributed by atoms with E-state index in [0.29, 0.717) is 6.04 Å². The van der Waals surface area contributed by atoms with Crippen LogP contribution in [-0.4, -0.2) is 18.6 Å². The van der Waals surface area contributed by atoms with E-state index in [-0.39, 0.29) is 0 Å². The van der Waals surface area contributed by atoms with Gasteiger partial charge in [-0.3, -0.25) is 0 Å². The van der Waals surface area contributed by atoms with Crippen molar-refractivity contribution in [2.75, 3.05) is 6.54 Å². The number of furan rings is 1. The predicted octanol–water partition coefficient (Wildman–Crippen LogP) is 3.43. The lowest BCUT2D eigenvalue weighted by molar-refractivity contribution is 0.455. The van der Waals surface area contributed by atoms with Crippen LogP contribution in [0.3, 0.4) is 0 Å². The normalized spacial score (nSPS) is 16.9. The van der Waals surface area contributed by atoms with Crippen LogP contribution in [0.5, 0.6) is 0 Å². The molecule has 4 heteroatoms. The van der Waals surface area contributed by atoms with Gasteiger partial charge >= 0.3 is 0 Å². The van der Waals surface area contributed by atoms with Crippen LogP contribution in [0.15, 0.2) is 33.2 Å². The van der Waals surface area contributed by atoms with E-state index in [1.807, 2.05) is 12.1 Å². The first-order valence-electron chi connectivity index (χ1n) is 6.86. The first-order chi connectivity index (χ1) is 9.22. The molecule has 0 aliphatic heterocycles. The van der Waals surface area contributed by atoms with Crippen LogP contribution in [0.4, 0.5) is 0 Å². The van der Waals surface area contributed by atoms with Crippen LogP contribution >= 0.6 is 15.9 Å². The molecule has 0 saturated heterocycles. The average Bonchev–Trinajstić information content (AvgIpc) is 3.13. The number of hydrogen-bond donors (Lipinski definition) is 2. The fourth-order valence-electron chi connectivity index (χ4n) is 2.15. The maximum atomic E-state index is 5.86. The summed E-state index contributed by atoms with van der Waals surface area (Å²) in [6.07, 6.45) is 2.68. The Morgan fingerprint density at radius 3 is 3.00 bits per heavy atom. The van der Waals surface area contributed by atoms with E-state index in [1.54, 1.807) is 0 Å². The van der Waals surface area contributed by atoms with Crippen molar-refractivity contribution in [2.24, 2.45) is 0 Å². The monoisotopic (exact) mass is 322 g/mol. The summed E-state index contributed by atoms with van der Waals surface area (Å²) in [4.78, 5) is 0. The number of benzene rings is 1. The van der Waals surface area contributed by atoms with Gasteiger partial charge in [-0.05, 0) is 47.8 Å². The van der Waals surface area contributed by atoms with E-state index in [4.69, 9.17) is 4.42 Å². The Bertz CT molecular complexity index is 562. The minimum atomic E-state index is 0.456. The molecule has 3 rings (SSSR count). The van der Waals surface area contributed by atoms with E-state index in [1.165, 1.54) is 12.8 Å². The van der Waals surface area contributed by atoms with Crippen LogP contribution in [0.1, 0.15) is 25.5 Å². The highest BCUT2D eigenvalue weighted by Crippen LogP contribution is 2.26. The predicted molar refractivity (Wildman–Crippen MR) is 81.2 cm³/mol. The number of rotatable bonds is 6. The van der Waals surface area contributed by atoms with Gasteiger partial charge in [0.2, 0.25) is 0 Å². The summed E-state index contributed by atoms with van der Waals surface area (Å²) in [7, 11) is 0. The lowest BCUT2D eigenvalue weighted by Gasteiger charge is -2.13. The van der Waals surface area contributed by atoms with E-state index in [0.717, 1.165) is 40.3 Å². The molecule has 1 atom stereocenters. The third kappa shape index (κ3) is 3.38. The molecule has 0 radical (unpaired) electrons. The lowest BCUT2D eigenvalue weighted by Crippen LogP contribution is -2.36. The molecule has 2 aromatic rings. The van der Waals surface area contributed by atoms with Gasteiger partial charge in [-0.15, -0.1) is 0 Å². The van der Waals surface area contributed by atoms with Crippen LogP contribution in [-0.2, 0) is 6.54 Å². The Morgan fingerprint density at radius 2 is 2.26 bits per heavy atom. The average molecular weight is 323 g/mol. The number of halogens is 1. The minimum Gasteiger partial charge on any atom is -0.459 e. The second-order valence-electron chi connectivity index (χ2n) is 5.34. The molecule has 102 valence electrons. The Morgan fingerprint density at radius 1 is 1.42 bits per heavy atom. The molecule has 3 nitrogen and oxygen atoms in total. The molecule has 2 N–H and O–H groups in total.